The highest BCUT2D eigenvalue weighted by Crippen LogP contribution is 2.22. The number of nitriles is 1. The van der Waals surface area contributed by atoms with Gasteiger partial charge in [0.05, 0.1) is 11.8 Å². The second kappa shape index (κ2) is 7.01. The van der Waals surface area contributed by atoms with Crippen LogP contribution in [0.5, 0.6) is 0 Å². The molecule has 0 aliphatic rings. The van der Waals surface area contributed by atoms with Crippen LogP contribution in [-0.2, 0) is 15.6 Å². The molecule has 106 valence electrons. The molecule has 1 heterocycles. The van der Waals surface area contributed by atoms with Crippen LogP contribution in [0.25, 0.3) is 0 Å². The lowest BCUT2D eigenvalue weighted by Gasteiger charge is -2.22. The zero-order valence-electron chi connectivity index (χ0n) is 10.8. The van der Waals surface area contributed by atoms with E-state index in [0.29, 0.717) is 24.8 Å². The molecule has 0 fully saturated rings. The number of aliphatic hydroxyl groups is 1. The highest BCUT2D eigenvalue weighted by molar-refractivity contribution is 7.89. The minimum absolute atomic E-state index is 0.0194. The molecule has 0 aliphatic heterocycles. The molecule has 0 aromatic carbocycles. The summed E-state index contributed by atoms with van der Waals surface area (Å²) in [6.07, 6.45) is 1.38. The Morgan fingerprint density at radius 1 is 1.53 bits per heavy atom. The van der Waals surface area contributed by atoms with Crippen LogP contribution in [0.1, 0.15) is 31.7 Å². The topological polar surface area (TPSA) is 90.2 Å². The van der Waals surface area contributed by atoms with Gasteiger partial charge >= 0.3 is 0 Å². The predicted molar refractivity (Wildman–Crippen MR) is 75.1 cm³/mol. The van der Waals surface area contributed by atoms with Gasteiger partial charge in [0.25, 0.3) is 0 Å². The second-order valence-corrected chi connectivity index (χ2v) is 7.25. The molecule has 0 radical (unpaired) electrons. The van der Waals surface area contributed by atoms with Crippen molar-refractivity contribution in [1.82, 2.24) is 4.72 Å². The summed E-state index contributed by atoms with van der Waals surface area (Å²) in [6.45, 7) is 1.53. The second-order valence-electron chi connectivity index (χ2n) is 4.54. The zero-order valence-corrected chi connectivity index (χ0v) is 12.4. The third-order valence-electron chi connectivity index (χ3n) is 2.73. The summed E-state index contributed by atoms with van der Waals surface area (Å²) in [4.78, 5) is 0. The molecule has 1 aromatic rings. The standard InChI is InChI=1S/C12H18N2O3S2/c1-12(15,11-5-7-18-9-11)10-14-19(16,17)8-4-2-3-6-13/h5,7,9,14-15H,2-4,8,10H2,1H3. The third kappa shape index (κ3) is 5.70. The number of thiophene rings is 1. The Bertz CT molecular complexity index is 516. The Hall–Kier alpha value is -0.940. The van der Waals surface area contributed by atoms with E-state index in [0.717, 1.165) is 0 Å². The average Bonchev–Trinajstić information content (AvgIpc) is 2.87. The molecule has 0 saturated heterocycles. The Balaban J connectivity index is 2.45. The monoisotopic (exact) mass is 302 g/mol. The quantitative estimate of drug-likeness (QED) is 0.713. The summed E-state index contributed by atoms with van der Waals surface area (Å²) in [7, 11) is -3.40. The maximum absolute atomic E-state index is 11.7. The number of sulfonamides is 1. The molecule has 0 bridgehead atoms. The fourth-order valence-corrected chi connectivity index (χ4v) is 3.50. The molecular weight excluding hydrogens is 284 g/mol. The molecule has 7 heteroatoms. The summed E-state index contributed by atoms with van der Waals surface area (Å²) in [5, 5.41) is 22.2. The van der Waals surface area contributed by atoms with Gasteiger partial charge in [-0.2, -0.15) is 16.6 Å². The van der Waals surface area contributed by atoms with E-state index in [1.165, 1.54) is 11.3 Å². The van der Waals surface area contributed by atoms with Gasteiger partial charge in [-0.15, -0.1) is 0 Å². The summed E-state index contributed by atoms with van der Waals surface area (Å²) >= 11 is 1.45. The maximum atomic E-state index is 11.7. The van der Waals surface area contributed by atoms with E-state index in [1.54, 1.807) is 18.4 Å². The summed E-state index contributed by atoms with van der Waals surface area (Å²) in [6, 6.07) is 3.74. The van der Waals surface area contributed by atoms with Crippen molar-refractivity contribution in [3.05, 3.63) is 22.4 Å². The fourth-order valence-electron chi connectivity index (χ4n) is 1.49. The van der Waals surface area contributed by atoms with Crippen LogP contribution in [0.15, 0.2) is 16.8 Å². The van der Waals surface area contributed by atoms with E-state index >= 15 is 0 Å². The van der Waals surface area contributed by atoms with E-state index in [1.807, 2.05) is 11.4 Å². The Morgan fingerprint density at radius 3 is 2.84 bits per heavy atom. The van der Waals surface area contributed by atoms with Gasteiger partial charge < -0.3 is 5.11 Å². The molecule has 5 nitrogen and oxygen atoms in total. The molecule has 0 spiro atoms. The van der Waals surface area contributed by atoms with Crippen LogP contribution in [-0.4, -0.2) is 25.8 Å². The van der Waals surface area contributed by atoms with Crippen molar-refractivity contribution in [2.24, 2.45) is 0 Å². The number of nitrogens with one attached hydrogen (secondary N) is 1. The van der Waals surface area contributed by atoms with Gasteiger partial charge in [0.2, 0.25) is 10.0 Å². The van der Waals surface area contributed by atoms with Crippen molar-refractivity contribution in [3.8, 4) is 6.07 Å². The van der Waals surface area contributed by atoms with Gasteiger partial charge in [0.15, 0.2) is 0 Å². The van der Waals surface area contributed by atoms with Gasteiger partial charge in [0, 0.05) is 13.0 Å². The SMILES string of the molecule is CC(O)(CNS(=O)(=O)CCCCC#N)c1ccsc1. The number of rotatable bonds is 8. The highest BCUT2D eigenvalue weighted by Gasteiger charge is 2.25. The lowest BCUT2D eigenvalue weighted by atomic mass is 10.0. The smallest absolute Gasteiger partial charge is 0.211 e. The lowest BCUT2D eigenvalue weighted by Crippen LogP contribution is -2.39. The summed E-state index contributed by atoms with van der Waals surface area (Å²) in [5.74, 6) is -0.0194. The number of hydrogen-bond donors (Lipinski definition) is 2. The van der Waals surface area contributed by atoms with Gasteiger partial charge in [-0.05, 0) is 42.2 Å². The molecule has 2 N–H and O–H groups in total. The molecular formula is C12H18N2O3S2. The van der Waals surface area contributed by atoms with Crippen LogP contribution >= 0.6 is 11.3 Å². The number of nitrogens with zero attached hydrogens (tertiary/aromatic N) is 1. The van der Waals surface area contributed by atoms with E-state index in [2.05, 4.69) is 4.72 Å². The molecule has 1 unspecified atom stereocenters. The Labute approximate surface area is 117 Å². The van der Waals surface area contributed by atoms with Crippen molar-refractivity contribution in [1.29, 1.82) is 5.26 Å². The zero-order chi connectivity index (χ0) is 14.4. The van der Waals surface area contributed by atoms with Crippen LogP contribution < -0.4 is 4.72 Å². The van der Waals surface area contributed by atoms with Crippen LogP contribution in [0, 0.1) is 11.3 Å². The van der Waals surface area contributed by atoms with Crippen LogP contribution in [0.4, 0.5) is 0 Å². The van der Waals surface area contributed by atoms with Gasteiger partial charge in [-0.3, -0.25) is 0 Å². The predicted octanol–water partition coefficient (Wildman–Crippen LogP) is 1.57. The highest BCUT2D eigenvalue weighted by atomic mass is 32.2. The number of unbranched alkanes of at least 4 members (excludes halogenated alkanes) is 2. The number of hydrogen-bond acceptors (Lipinski definition) is 5. The molecule has 0 amide bonds. The average molecular weight is 302 g/mol. The van der Waals surface area contributed by atoms with E-state index in [4.69, 9.17) is 5.26 Å². The van der Waals surface area contributed by atoms with Gasteiger partial charge in [-0.25, -0.2) is 13.1 Å². The largest absolute Gasteiger partial charge is 0.384 e. The lowest BCUT2D eigenvalue weighted by molar-refractivity contribution is 0.0632. The summed E-state index contributed by atoms with van der Waals surface area (Å²) < 4.78 is 25.8. The van der Waals surface area contributed by atoms with Crippen molar-refractivity contribution in [2.75, 3.05) is 12.3 Å². The minimum atomic E-state index is -3.40. The minimum Gasteiger partial charge on any atom is -0.384 e. The summed E-state index contributed by atoms with van der Waals surface area (Å²) in [5.41, 5.74) is -0.510. The third-order valence-corrected chi connectivity index (χ3v) is 4.82. The first kappa shape index (κ1) is 16.1. The molecule has 1 aromatic heterocycles. The first-order valence-electron chi connectivity index (χ1n) is 5.97. The van der Waals surface area contributed by atoms with Crippen molar-refractivity contribution in [3.63, 3.8) is 0 Å². The Morgan fingerprint density at radius 2 is 2.26 bits per heavy atom. The molecule has 1 rings (SSSR count). The molecule has 0 saturated carbocycles. The van der Waals surface area contributed by atoms with Crippen molar-refractivity contribution in [2.45, 2.75) is 31.8 Å². The molecule has 1 atom stereocenters. The van der Waals surface area contributed by atoms with Gasteiger partial charge in [0.1, 0.15) is 5.60 Å². The Kier molecular flexibility index (Phi) is 5.94. The molecule has 0 aliphatic carbocycles. The van der Waals surface area contributed by atoms with Crippen molar-refractivity contribution < 1.29 is 13.5 Å². The first-order valence-corrected chi connectivity index (χ1v) is 8.56. The van der Waals surface area contributed by atoms with Crippen molar-refractivity contribution >= 4 is 21.4 Å². The van der Waals surface area contributed by atoms with E-state index < -0.39 is 15.6 Å². The van der Waals surface area contributed by atoms with Crippen LogP contribution in [0.3, 0.4) is 0 Å². The normalized spacial score (nSPS) is 14.8. The van der Waals surface area contributed by atoms with E-state index in [-0.39, 0.29) is 12.3 Å². The molecule has 19 heavy (non-hydrogen) atoms. The first-order chi connectivity index (χ1) is 8.87. The maximum Gasteiger partial charge on any atom is 0.211 e. The van der Waals surface area contributed by atoms with Gasteiger partial charge in [-0.1, -0.05) is 0 Å². The van der Waals surface area contributed by atoms with Crippen LogP contribution in [0.2, 0.25) is 0 Å². The fraction of sp³-hybridized carbons (Fsp3) is 0.583. The van der Waals surface area contributed by atoms with E-state index in [9.17, 15) is 13.5 Å².